The molecule has 3 heteroatoms. The lowest BCUT2D eigenvalue weighted by molar-refractivity contribution is -0.115. The van der Waals surface area contributed by atoms with Crippen LogP contribution in [0, 0.1) is 0 Å². The Balaban J connectivity index is 1.85. The van der Waals surface area contributed by atoms with E-state index in [2.05, 4.69) is 12.2 Å². The van der Waals surface area contributed by atoms with E-state index in [1.54, 1.807) is 6.26 Å². The molecule has 3 nitrogen and oxygen atoms in total. The lowest BCUT2D eigenvalue weighted by Gasteiger charge is -2.19. The summed E-state index contributed by atoms with van der Waals surface area (Å²) >= 11 is 0. The minimum absolute atomic E-state index is 0.0388. The standard InChI is InChI=1S/C14H22O3/c15-11-8-6-4-2-1-3-5-7-10-14-16-12-9-13-17-14/h2,4,9,11-12,14H,1,3,5-8,10,13H2/b4-2-. The molecule has 1 unspecified atom stereocenters. The van der Waals surface area contributed by atoms with E-state index in [1.807, 2.05) is 6.08 Å². The van der Waals surface area contributed by atoms with Crippen molar-refractivity contribution in [2.24, 2.45) is 0 Å². The van der Waals surface area contributed by atoms with Crippen LogP contribution in [0.25, 0.3) is 0 Å². The molecule has 0 N–H and O–H groups in total. The van der Waals surface area contributed by atoms with Crippen LogP contribution in [0.4, 0.5) is 0 Å². The third kappa shape index (κ3) is 7.75. The molecule has 0 aromatic heterocycles. The lowest BCUT2D eigenvalue weighted by atomic mass is 10.1. The van der Waals surface area contributed by atoms with E-state index < -0.39 is 0 Å². The molecule has 96 valence electrons. The van der Waals surface area contributed by atoms with Crippen molar-refractivity contribution in [3.8, 4) is 0 Å². The summed E-state index contributed by atoms with van der Waals surface area (Å²) in [6.45, 7) is 0.671. The number of rotatable bonds is 9. The number of hydrogen-bond acceptors (Lipinski definition) is 3. The Morgan fingerprint density at radius 3 is 2.76 bits per heavy atom. The maximum atomic E-state index is 10.1. The largest absolute Gasteiger partial charge is 0.473 e. The quantitative estimate of drug-likeness (QED) is 0.351. The number of unbranched alkanes of at least 4 members (excludes halogenated alkanes) is 4. The normalized spacial score (nSPS) is 19.4. The summed E-state index contributed by atoms with van der Waals surface area (Å²) in [5.41, 5.74) is 0. The van der Waals surface area contributed by atoms with Gasteiger partial charge in [0.05, 0.1) is 12.9 Å². The van der Waals surface area contributed by atoms with Gasteiger partial charge in [0.15, 0.2) is 6.29 Å². The van der Waals surface area contributed by atoms with Gasteiger partial charge in [0.25, 0.3) is 0 Å². The molecule has 1 heterocycles. The van der Waals surface area contributed by atoms with Gasteiger partial charge >= 0.3 is 0 Å². The van der Waals surface area contributed by atoms with Gasteiger partial charge in [0.1, 0.15) is 6.29 Å². The molecule has 0 aliphatic carbocycles. The molecule has 0 aromatic carbocycles. The number of ether oxygens (including phenoxy) is 2. The van der Waals surface area contributed by atoms with E-state index in [0.717, 1.165) is 32.0 Å². The van der Waals surface area contributed by atoms with Crippen molar-refractivity contribution in [3.63, 3.8) is 0 Å². The smallest absolute Gasteiger partial charge is 0.199 e. The second-order valence-corrected chi connectivity index (χ2v) is 4.12. The first-order valence-electron chi connectivity index (χ1n) is 6.44. The molecule has 0 saturated heterocycles. The van der Waals surface area contributed by atoms with E-state index in [4.69, 9.17) is 9.47 Å². The lowest BCUT2D eigenvalue weighted by Crippen LogP contribution is -2.17. The van der Waals surface area contributed by atoms with Crippen molar-refractivity contribution in [3.05, 3.63) is 24.5 Å². The average molecular weight is 238 g/mol. The fourth-order valence-electron chi connectivity index (χ4n) is 1.69. The molecule has 0 fully saturated rings. The van der Waals surface area contributed by atoms with Crippen LogP contribution < -0.4 is 0 Å². The minimum Gasteiger partial charge on any atom is -0.473 e. The number of carbonyl (C=O) groups is 1. The molecule has 0 aromatic rings. The Morgan fingerprint density at radius 1 is 1.12 bits per heavy atom. The Morgan fingerprint density at radius 2 is 2.00 bits per heavy atom. The van der Waals surface area contributed by atoms with E-state index in [1.165, 1.54) is 12.8 Å². The van der Waals surface area contributed by atoms with Crippen molar-refractivity contribution in [2.75, 3.05) is 6.61 Å². The van der Waals surface area contributed by atoms with Crippen LogP contribution >= 0.6 is 0 Å². The first-order valence-corrected chi connectivity index (χ1v) is 6.44. The van der Waals surface area contributed by atoms with Crippen molar-refractivity contribution in [2.45, 2.75) is 51.2 Å². The van der Waals surface area contributed by atoms with Crippen molar-refractivity contribution < 1.29 is 14.3 Å². The van der Waals surface area contributed by atoms with Crippen LogP contribution in [0.3, 0.4) is 0 Å². The number of allylic oxidation sites excluding steroid dienone is 2. The maximum absolute atomic E-state index is 10.1. The van der Waals surface area contributed by atoms with Crippen LogP contribution in [0.1, 0.15) is 44.9 Å². The summed E-state index contributed by atoms with van der Waals surface area (Å²) in [4.78, 5) is 10.1. The van der Waals surface area contributed by atoms with Gasteiger partial charge in [-0.25, -0.2) is 0 Å². The van der Waals surface area contributed by atoms with Crippen LogP contribution in [-0.4, -0.2) is 19.2 Å². The molecule has 1 rings (SSSR count). The van der Waals surface area contributed by atoms with Gasteiger partial charge < -0.3 is 14.3 Å². The average Bonchev–Trinajstić information content (AvgIpc) is 2.38. The molecular formula is C14H22O3. The van der Waals surface area contributed by atoms with E-state index >= 15 is 0 Å². The summed E-state index contributed by atoms with van der Waals surface area (Å²) in [7, 11) is 0. The molecule has 1 aliphatic heterocycles. The summed E-state index contributed by atoms with van der Waals surface area (Å²) in [6.07, 6.45) is 15.9. The van der Waals surface area contributed by atoms with E-state index in [9.17, 15) is 4.79 Å². The van der Waals surface area contributed by atoms with E-state index in [-0.39, 0.29) is 6.29 Å². The zero-order chi connectivity index (χ0) is 12.2. The molecule has 0 spiro atoms. The van der Waals surface area contributed by atoms with Crippen LogP contribution in [0.2, 0.25) is 0 Å². The first-order chi connectivity index (χ1) is 8.43. The molecule has 0 bridgehead atoms. The maximum Gasteiger partial charge on any atom is 0.199 e. The predicted octanol–water partition coefficient (Wildman–Crippen LogP) is 3.36. The topological polar surface area (TPSA) is 35.5 Å². The summed E-state index contributed by atoms with van der Waals surface area (Å²) in [6, 6.07) is 0. The summed E-state index contributed by atoms with van der Waals surface area (Å²) < 4.78 is 10.7. The molecule has 0 radical (unpaired) electrons. The van der Waals surface area contributed by atoms with Gasteiger partial charge in [-0.2, -0.15) is 0 Å². The Kier molecular flexibility index (Phi) is 8.29. The predicted molar refractivity (Wildman–Crippen MR) is 67.5 cm³/mol. The zero-order valence-corrected chi connectivity index (χ0v) is 10.3. The monoisotopic (exact) mass is 238 g/mol. The Labute approximate surface area is 103 Å². The van der Waals surface area contributed by atoms with Crippen molar-refractivity contribution in [1.82, 2.24) is 0 Å². The van der Waals surface area contributed by atoms with Crippen LogP contribution in [0.15, 0.2) is 24.5 Å². The number of hydrogen-bond donors (Lipinski definition) is 0. The fourth-order valence-corrected chi connectivity index (χ4v) is 1.69. The van der Waals surface area contributed by atoms with Gasteiger partial charge in [0, 0.05) is 12.8 Å². The second-order valence-electron chi connectivity index (χ2n) is 4.12. The second kappa shape index (κ2) is 10.1. The highest BCUT2D eigenvalue weighted by molar-refractivity contribution is 5.49. The molecule has 17 heavy (non-hydrogen) atoms. The molecule has 0 amide bonds. The third-order valence-electron chi connectivity index (χ3n) is 2.63. The van der Waals surface area contributed by atoms with Gasteiger partial charge in [-0.15, -0.1) is 0 Å². The first kappa shape index (κ1) is 14.0. The van der Waals surface area contributed by atoms with Gasteiger partial charge in [0.2, 0.25) is 0 Å². The minimum atomic E-state index is -0.0388. The SMILES string of the molecule is O=CCC/C=C\CCCCCC1OC=CCO1. The summed E-state index contributed by atoms with van der Waals surface area (Å²) in [5.74, 6) is 0. The van der Waals surface area contributed by atoms with Gasteiger partial charge in [-0.1, -0.05) is 18.6 Å². The van der Waals surface area contributed by atoms with E-state index in [0.29, 0.717) is 13.0 Å². The van der Waals surface area contributed by atoms with Crippen LogP contribution in [0.5, 0.6) is 0 Å². The highest BCUT2D eigenvalue weighted by Crippen LogP contribution is 2.12. The van der Waals surface area contributed by atoms with Crippen LogP contribution in [-0.2, 0) is 14.3 Å². The van der Waals surface area contributed by atoms with Gasteiger partial charge in [-0.3, -0.25) is 0 Å². The molecule has 1 atom stereocenters. The van der Waals surface area contributed by atoms with Crippen molar-refractivity contribution in [1.29, 1.82) is 0 Å². The van der Waals surface area contributed by atoms with Gasteiger partial charge in [-0.05, 0) is 31.8 Å². The highest BCUT2D eigenvalue weighted by Gasteiger charge is 2.09. The zero-order valence-electron chi connectivity index (χ0n) is 10.3. The molecule has 0 saturated carbocycles. The highest BCUT2D eigenvalue weighted by atomic mass is 16.7. The fraction of sp³-hybridized carbons (Fsp3) is 0.643. The molecule has 1 aliphatic rings. The third-order valence-corrected chi connectivity index (χ3v) is 2.63. The number of aldehydes is 1. The number of carbonyl (C=O) groups excluding carboxylic acids is 1. The molecular weight excluding hydrogens is 216 g/mol. The van der Waals surface area contributed by atoms with Crippen molar-refractivity contribution >= 4 is 6.29 Å². The Hall–Kier alpha value is -1.09. The Bertz CT molecular complexity index is 246. The summed E-state index contributed by atoms with van der Waals surface area (Å²) in [5, 5.41) is 0.